The summed E-state index contributed by atoms with van der Waals surface area (Å²) in [7, 11) is 1.49. The van der Waals surface area contributed by atoms with Crippen molar-refractivity contribution in [2.75, 3.05) is 13.7 Å². The summed E-state index contributed by atoms with van der Waals surface area (Å²) in [5, 5.41) is 5.38. The van der Waals surface area contributed by atoms with Gasteiger partial charge in [-0.05, 0) is 16.5 Å². The fourth-order valence-electron chi connectivity index (χ4n) is 2.03. The Morgan fingerprint density at radius 3 is 2.23 bits per heavy atom. The van der Waals surface area contributed by atoms with Crippen LogP contribution in [-0.2, 0) is 26.3 Å². The van der Waals surface area contributed by atoms with E-state index in [2.05, 4.69) is 43.5 Å². The quantitative estimate of drug-likeness (QED) is 0.841. The van der Waals surface area contributed by atoms with E-state index in [0.717, 1.165) is 5.56 Å². The number of hydrogen-bond acceptors (Lipinski definition) is 3. The lowest BCUT2D eigenvalue weighted by molar-refractivity contribution is -0.129. The average Bonchev–Trinajstić information content (AvgIpc) is 2.43. The number of rotatable bonds is 6. The van der Waals surface area contributed by atoms with Crippen molar-refractivity contribution >= 4 is 11.8 Å². The molecule has 0 unspecified atom stereocenters. The third-order valence-electron chi connectivity index (χ3n) is 3.31. The molecule has 0 heterocycles. The maximum atomic E-state index is 12.1. The molecule has 5 nitrogen and oxygen atoms in total. The van der Waals surface area contributed by atoms with E-state index in [9.17, 15) is 9.59 Å². The zero-order valence-electron chi connectivity index (χ0n) is 14.0. The van der Waals surface area contributed by atoms with Gasteiger partial charge in [0.1, 0.15) is 6.04 Å². The van der Waals surface area contributed by atoms with Gasteiger partial charge in [0.05, 0.1) is 6.61 Å². The molecule has 5 heteroatoms. The number of amides is 2. The summed E-state index contributed by atoms with van der Waals surface area (Å²) in [6.07, 6.45) is 0. The van der Waals surface area contributed by atoms with E-state index in [4.69, 9.17) is 4.74 Å². The first kappa shape index (κ1) is 18.2. The highest BCUT2D eigenvalue weighted by molar-refractivity contribution is 5.86. The molecular formula is C17H26N2O3. The van der Waals surface area contributed by atoms with Crippen LogP contribution in [0.1, 0.15) is 38.8 Å². The second kappa shape index (κ2) is 7.94. The van der Waals surface area contributed by atoms with E-state index in [0.29, 0.717) is 6.54 Å². The Balaban J connectivity index is 2.60. The lowest BCUT2D eigenvalue weighted by Gasteiger charge is -2.19. The topological polar surface area (TPSA) is 67.4 Å². The molecule has 0 aliphatic rings. The van der Waals surface area contributed by atoms with Gasteiger partial charge in [0.2, 0.25) is 11.8 Å². The third kappa shape index (κ3) is 5.85. The van der Waals surface area contributed by atoms with Gasteiger partial charge in [0.15, 0.2) is 0 Å². The summed E-state index contributed by atoms with van der Waals surface area (Å²) in [5.74, 6) is -0.510. The van der Waals surface area contributed by atoms with E-state index in [1.54, 1.807) is 0 Å². The molecule has 0 spiro atoms. The van der Waals surface area contributed by atoms with Crippen molar-refractivity contribution in [3.8, 4) is 0 Å². The molecule has 0 aliphatic heterocycles. The first-order chi connectivity index (χ1) is 10.2. The highest BCUT2D eigenvalue weighted by Crippen LogP contribution is 2.22. The number of carbonyl (C=O) groups excluding carboxylic acids is 2. The SMILES string of the molecule is COC[C@@H](NC(C)=O)C(=O)NCc1ccc(C(C)(C)C)cc1. The summed E-state index contributed by atoms with van der Waals surface area (Å²) in [4.78, 5) is 23.2. The van der Waals surface area contributed by atoms with Crippen molar-refractivity contribution in [1.82, 2.24) is 10.6 Å². The molecule has 1 aromatic carbocycles. The maximum Gasteiger partial charge on any atom is 0.245 e. The molecule has 0 saturated carbocycles. The molecule has 2 N–H and O–H groups in total. The summed E-state index contributed by atoms with van der Waals surface area (Å²) in [6.45, 7) is 8.42. The fraction of sp³-hybridized carbons (Fsp3) is 0.529. The first-order valence-electron chi connectivity index (χ1n) is 7.37. The number of methoxy groups -OCH3 is 1. The Hall–Kier alpha value is -1.88. The van der Waals surface area contributed by atoms with Gasteiger partial charge in [-0.3, -0.25) is 9.59 Å². The molecule has 0 saturated heterocycles. The molecule has 1 rings (SSSR count). The average molecular weight is 306 g/mol. The van der Waals surface area contributed by atoms with Crippen molar-refractivity contribution in [1.29, 1.82) is 0 Å². The normalized spacial score (nSPS) is 12.6. The molecule has 0 fully saturated rings. The first-order valence-corrected chi connectivity index (χ1v) is 7.37. The van der Waals surface area contributed by atoms with Gasteiger partial charge in [0.25, 0.3) is 0 Å². The number of hydrogen-bond donors (Lipinski definition) is 2. The Kier molecular flexibility index (Phi) is 6.56. The van der Waals surface area contributed by atoms with Crippen molar-refractivity contribution in [2.24, 2.45) is 0 Å². The summed E-state index contributed by atoms with van der Waals surface area (Å²) >= 11 is 0. The van der Waals surface area contributed by atoms with Crippen LogP contribution in [0, 0.1) is 0 Å². The molecule has 0 aromatic heterocycles. The van der Waals surface area contributed by atoms with Crippen LogP contribution >= 0.6 is 0 Å². The van der Waals surface area contributed by atoms with Gasteiger partial charge >= 0.3 is 0 Å². The van der Waals surface area contributed by atoms with E-state index in [1.165, 1.54) is 19.6 Å². The number of nitrogens with one attached hydrogen (secondary N) is 2. The lowest BCUT2D eigenvalue weighted by atomic mass is 9.87. The van der Waals surface area contributed by atoms with Gasteiger partial charge in [-0.2, -0.15) is 0 Å². The highest BCUT2D eigenvalue weighted by atomic mass is 16.5. The molecule has 0 radical (unpaired) electrons. The van der Waals surface area contributed by atoms with E-state index < -0.39 is 6.04 Å². The Morgan fingerprint density at radius 2 is 1.77 bits per heavy atom. The zero-order chi connectivity index (χ0) is 16.8. The second-order valence-electron chi connectivity index (χ2n) is 6.37. The van der Waals surface area contributed by atoms with Crippen LogP contribution in [0.15, 0.2) is 24.3 Å². The molecule has 0 bridgehead atoms. The van der Waals surface area contributed by atoms with Crippen molar-refractivity contribution in [3.63, 3.8) is 0 Å². The lowest BCUT2D eigenvalue weighted by Crippen LogP contribution is -2.48. The monoisotopic (exact) mass is 306 g/mol. The van der Waals surface area contributed by atoms with Gasteiger partial charge < -0.3 is 15.4 Å². The maximum absolute atomic E-state index is 12.1. The van der Waals surface area contributed by atoms with E-state index in [1.807, 2.05) is 12.1 Å². The summed E-state index contributed by atoms with van der Waals surface area (Å²) in [5.41, 5.74) is 2.37. The van der Waals surface area contributed by atoms with Crippen LogP contribution in [0.3, 0.4) is 0 Å². The number of benzene rings is 1. The van der Waals surface area contributed by atoms with Crippen LogP contribution in [0.25, 0.3) is 0 Å². The fourth-order valence-corrected chi connectivity index (χ4v) is 2.03. The molecule has 22 heavy (non-hydrogen) atoms. The van der Waals surface area contributed by atoms with Gasteiger partial charge in [-0.1, -0.05) is 45.0 Å². The molecular weight excluding hydrogens is 280 g/mol. The third-order valence-corrected chi connectivity index (χ3v) is 3.31. The molecule has 122 valence electrons. The standard InChI is InChI=1S/C17H26N2O3/c1-12(20)19-15(11-22-5)16(21)18-10-13-6-8-14(9-7-13)17(2,3)4/h6-9,15H,10-11H2,1-5H3,(H,18,21)(H,19,20)/t15-/m1/s1. The van der Waals surface area contributed by atoms with Crippen LogP contribution < -0.4 is 10.6 Å². The predicted molar refractivity (Wildman–Crippen MR) is 86.5 cm³/mol. The second-order valence-corrected chi connectivity index (χ2v) is 6.37. The van der Waals surface area contributed by atoms with Crippen LogP contribution in [0.4, 0.5) is 0 Å². The van der Waals surface area contributed by atoms with Gasteiger partial charge in [-0.25, -0.2) is 0 Å². The number of ether oxygens (including phenoxy) is 1. The summed E-state index contributed by atoms with van der Waals surface area (Å²) in [6, 6.07) is 7.48. The molecule has 2 amide bonds. The Labute approximate surface area is 132 Å². The van der Waals surface area contributed by atoms with E-state index in [-0.39, 0.29) is 23.8 Å². The predicted octanol–water partition coefficient (Wildman–Crippen LogP) is 1.75. The smallest absolute Gasteiger partial charge is 0.245 e. The summed E-state index contributed by atoms with van der Waals surface area (Å²) < 4.78 is 4.96. The minimum Gasteiger partial charge on any atom is -0.382 e. The van der Waals surface area contributed by atoms with Crippen molar-refractivity contribution < 1.29 is 14.3 Å². The molecule has 0 aliphatic carbocycles. The van der Waals surface area contributed by atoms with E-state index >= 15 is 0 Å². The Morgan fingerprint density at radius 1 is 1.18 bits per heavy atom. The van der Waals surface area contributed by atoms with Crippen molar-refractivity contribution in [2.45, 2.75) is 45.7 Å². The Bertz CT molecular complexity index is 504. The van der Waals surface area contributed by atoms with Crippen molar-refractivity contribution in [3.05, 3.63) is 35.4 Å². The minimum absolute atomic E-state index is 0.108. The van der Waals surface area contributed by atoms with Crippen LogP contribution in [0.5, 0.6) is 0 Å². The zero-order valence-corrected chi connectivity index (χ0v) is 14.0. The van der Waals surface area contributed by atoms with Gasteiger partial charge in [-0.15, -0.1) is 0 Å². The largest absolute Gasteiger partial charge is 0.382 e. The molecule has 1 aromatic rings. The van der Waals surface area contributed by atoms with Gasteiger partial charge in [0, 0.05) is 20.6 Å². The van der Waals surface area contributed by atoms with Crippen LogP contribution in [-0.4, -0.2) is 31.6 Å². The molecule has 1 atom stereocenters. The number of carbonyl (C=O) groups is 2. The van der Waals surface area contributed by atoms with Crippen LogP contribution in [0.2, 0.25) is 0 Å². The highest BCUT2D eigenvalue weighted by Gasteiger charge is 2.19. The minimum atomic E-state index is -0.670.